The van der Waals surface area contributed by atoms with Gasteiger partial charge >= 0.3 is 0 Å². The van der Waals surface area contributed by atoms with E-state index in [1.807, 2.05) is 0 Å². The summed E-state index contributed by atoms with van der Waals surface area (Å²) in [6.07, 6.45) is 0. The second-order valence-electron chi connectivity index (χ2n) is 15.5. The number of fused-ring (bicyclic) bond motifs is 16. The van der Waals surface area contributed by atoms with Crippen LogP contribution in [0.5, 0.6) is 0 Å². The van der Waals surface area contributed by atoms with Gasteiger partial charge in [0, 0.05) is 0 Å². The smallest absolute Gasteiger partial charge is 0.0619 e. The van der Waals surface area contributed by atoms with Crippen molar-refractivity contribution in [3.63, 3.8) is 0 Å². The minimum absolute atomic E-state index is 0.387. The lowest BCUT2D eigenvalue weighted by atomic mass is 9.70. The fraction of sp³-hybridized carbons (Fsp3) is 0.0182. The third-order valence-corrected chi connectivity index (χ3v) is 13.0. The van der Waals surface area contributed by atoms with Gasteiger partial charge < -0.3 is 0 Å². The van der Waals surface area contributed by atoms with Crippen LogP contribution in [-0.2, 0) is 5.41 Å². The molecule has 0 unspecified atom stereocenters. The Bertz CT molecular complexity index is 3250. The molecule has 3 aliphatic rings. The molecule has 0 N–H and O–H groups in total. The fourth-order valence-corrected chi connectivity index (χ4v) is 10.8. The molecule has 0 aliphatic heterocycles. The molecule has 3 aliphatic carbocycles. The molecule has 0 amide bonds. The van der Waals surface area contributed by atoms with Crippen LogP contribution >= 0.6 is 0 Å². The first-order valence-corrected chi connectivity index (χ1v) is 19.3. The Labute approximate surface area is 319 Å². The van der Waals surface area contributed by atoms with Crippen LogP contribution < -0.4 is 0 Å². The van der Waals surface area contributed by atoms with Crippen molar-refractivity contribution in [2.45, 2.75) is 5.41 Å². The summed E-state index contributed by atoms with van der Waals surface area (Å²) in [6.45, 7) is 0. The maximum absolute atomic E-state index is 2.52. The summed E-state index contributed by atoms with van der Waals surface area (Å²) in [4.78, 5) is 0. The third-order valence-electron chi connectivity index (χ3n) is 13.0. The lowest BCUT2D eigenvalue weighted by Crippen LogP contribution is -2.25. The predicted octanol–water partition coefficient (Wildman–Crippen LogP) is 14.5. The molecule has 0 aromatic heterocycles. The number of hydrogen-bond donors (Lipinski definition) is 0. The van der Waals surface area contributed by atoms with Crippen molar-refractivity contribution in [1.29, 1.82) is 0 Å². The Hall–Kier alpha value is -7.02. The first-order valence-electron chi connectivity index (χ1n) is 19.3. The zero-order valence-corrected chi connectivity index (χ0v) is 30.0. The molecular formula is C55H32. The molecule has 0 heteroatoms. The lowest BCUT2D eigenvalue weighted by Gasteiger charge is -2.30. The van der Waals surface area contributed by atoms with Gasteiger partial charge in [-0.2, -0.15) is 0 Å². The molecule has 13 rings (SSSR count). The fourth-order valence-electron chi connectivity index (χ4n) is 10.8. The van der Waals surface area contributed by atoms with Crippen molar-refractivity contribution >= 4 is 32.3 Å². The molecule has 0 bridgehead atoms. The Morgan fingerprint density at radius 2 is 0.855 bits per heavy atom. The van der Waals surface area contributed by atoms with Crippen molar-refractivity contribution in [2.24, 2.45) is 0 Å². The number of rotatable bonds is 2. The molecule has 10 aromatic rings. The van der Waals surface area contributed by atoms with Gasteiger partial charge in [0.15, 0.2) is 0 Å². The standard InChI is InChI=1S/C55H32/c1-2-14-40-33(11-1)25-28-51-54(40)48-31-36-24-23-35(30-38(36)32-52(48)55(51)49-21-7-5-17-43(49)44-18-6-8-22-50(44)55)34-12-9-13-37(29-34)39-26-27-47-42-16-4-3-15-41(42)46-20-10-19-45(39)53(46)47/h1-32H. The third kappa shape index (κ3) is 3.71. The molecule has 0 radical (unpaired) electrons. The maximum atomic E-state index is 2.52. The van der Waals surface area contributed by atoms with E-state index in [-0.39, 0.29) is 5.41 Å². The van der Waals surface area contributed by atoms with Crippen LogP contribution in [0.1, 0.15) is 22.3 Å². The van der Waals surface area contributed by atoms with E-state index in [1.54, 1.807) is 0 Å². The molecule has 0 fully saturated rings. The highest BCUT2D eigenvalue weighted by molar-refractivity contribution is 6.19. The SMILES string of the molecule is c1cc(-c2ccc3cc4c(cc3c2)C2(c3ccccc3-c3ccccc32)c2ccc3ccccc3c2-4)cc(-c2ccc3c4c(cccc24)-c2ccccc2-3)c1. The largest absolute Gasteiger partial charge is 0.0725 e. The molecule has 0 heterocycles. The molecule has 0 nitrogen and oxygen atoms in total. The number of hydrogen-bond acceptors (Lipinski definition) is 0. The summed E-state index contributed by atoms with van der Waals surface area (Å²) in [7, 11) is 0. The van der Waals surface area contributed by atoms with E-state index in [9.17, 15) is 0 Å². The molecule has 0 saturated carbocycles. The van der Waals surface area contributed by atoms with Crippen molar-refractivity contribution in [1.82, 2.24) is 0 Å². The molecular weight excluding hydrogens is 661 g/mol. The van der Waals surface area contributed by atoms with Gasteiger partial charge in [-0.05, 0) is 146 Å². The van der Waals surface area contributed by atoms with E-state index in [0.29, 0.717) is 0 Å². The second kappa shape index (κ2) is 10.6. The van der Waals surface area contributed by atoms with Crippen LogP contribution in [0.15, 0.2) is 194 Å². The highest BCUT2D eigenvalue weighted by atomic mass is 14.5. The second-order valence-corrected chi connectivity index (χ2v) is 15.5. The molecule has 252 valence electrons. The van der Waals surface area contributed by atoms with Crippen molar-refractivity contribution in [2.75, 3.05) is 0 Å². The summed E-state index contributed by atoms with van der Waals surface area (Å²) in [5.74, 6) is 0. The minimum atomic E-state index is -0.387. The van der Waals surface area contributed by atoms with Gasteiger partial charge in [-0.3, -0.25) is 0 Å². The van der Waals surface area contributed by atoms with E-state index >= 15 is 0 Å². The topological polar surface area (TPSA) is 0 Å². The molecule has 10 aromatic carbocycles. The summed E-state index contributed by atoms with van der Waals surface area (Å²) in [5.41, 5.74) is 20.8. The average Bonchev–Trinajstić information content (AvgIpc) is 3.85. The van der Waals surface area contributed by atoms with Crippen LogP contribution in [0.4, 0.5) is 0 Å². The summed E-state index contributed by atoms with van der Waals surface area (Å²) in [5, 5.41) is 7.81. The Morgan fingerprint density at radius 1 is 0.255 bits per heavy atom. The minimum Gasteiger partial charge on any atom is -0.0619 e. The molecule has 1 spiro atoms. The zero-order chi connectivity index (χ0) is 35.8. The van der Waals surface area contributed by atoms with Crippen molar-refractivity contribution in [3.8, 4) is 66.8 Å². The first-order chi connectivity index (χ1) is 27.3. The summed E-state index contributed by atoms with van der Waals surface area (Å²) < 4.78 is 0. The van der Waals surface area contributed by atoms with E-state index in [4.69, 9.17) is 0 Å². The maximum Gasteiger partial charge on any atom is 0.0725 e. The molecule has 55 heavy (non-hydrogen) atoms. The Kier molecular flexibility index (Phi) is 5.65. The van der Waals surface area contributed by atoms with E-state index in [2.05, 4.69) is 194 Å². The highest BCUT2D eigenvalue weighted by Gasteiger charge is 2.52. The van der Waals surface area contributed by atoms with E-state index in [0.717, 1.165) is 0 Å². The van der Waals surface area contributed by atoms with Crippen molar-refractivity contribution < 1.29 is 0 Å². The van der Waals surface area contributed by atoms with Crippen LogP contribution in [0.3, 0.4) is 0 Å². The monoisotopic (exact) mass is 692 g/mol. The molecule has 0 saturated heterocycles. The summed E-state index contributed by atoms with van der Waals surface area (Å²) in [6, 6.07) is 73.3. The predicted molar refractivity (Wildman–Crippen MR) is 231 cm³/mol. The Balaban J connectivity index is 1.02. The Morgan fingerprint density at radius 3 is 1.67 bits per heavy atom. The van der Waals surface area contributed by atoms with Gasteiger partial charge in [0.05, 0.1) is 5.41 Å². The van der Waals surface area contributed by atoms with Gasteiger partial charge in [0.1, 0.15) is 0 Å². The van der Waals surface area contributed by atoms with Crippen LogP contribution in [0, 0.1) is 0 Å². The van der Waals surface area contributed by atoms with Crippen molar-refractivity contribution in [3.05, 3.63) is 216 Å². The van der Waals surface area contributed by atoms with Gasteiger partial charge in [0.2, 0.25) is 0 Å². The van der Waals surface area contributed by atoms with Gasteiger partial charge in [0.25, 0.3) is 0 Å². The van der Waals surface area contributed by atoms with Gasteiger partial charge in [-0.25, -0.2) is 0 Å². The van der Waals surface area contributed by atoms with Crippen LogP contribution in [0.2, 0.25) is 0 Å². The van der Waals surface area contributed by atoms with Crippen LogP contribution in [-0.4, -0.2) is 0 Å². The van der Waals surface area contributed by atoms with E-state index < -0.39 is 0 Å². The normalized spacial score (nSPS) is 13.6. The van der Waals surface area contributed by atoms with Gasteiger partial charge in [-0.15, -0.1) is 0 Å². The summed E-state index contributed by atoms with van der Waals surface area (Å²) >= 11 is 0. The molecule has 0 atom stereocenters. The lowest BCUT2D eigenvalue weighted by molar-refractivity contribution is 0.795. The van der Waals surface area contributed by atoms with Gasteiger partial charge in [-0.1, -0.05) is 170 Å². The highest BCUT2D eigenvalue weighted by Crippen LogP contribution is 2.64. The first kappa shape index (κ1) is 29.4. The quantitative estimate of drug-likeness (QED) is 0.169. The van der Waals surface area contributed by atoms with Crippen LogP contribution in [0.25, 0.3) is 99.1 Å². The number of benzene rings is 10. The van der Waals surface area contributed by atoms with E-state index in [1.165, 1.54) is 121 Å². The average molecular weight is 693 g/mol. The zero-order valence-electron chi connectivity index (χ0n) is 30.0.